The molecule has 1 aliphatic rings. The molecule has 5 nitrogen and oxygen atoms in total. The Hall–Kier alpha value is -1.91. The van der Waals surface area contributed by atoms with Crippen LogP contribution in [0, 0.1) is 0 Å². The van der Waals surface area contributed by atoms with Gasteiger partial charge in [-0.1, -0.05) is 0 Å². The molecule has 0 radical (unpaired) electrons. The van der Waals surface area contributed by atoms with Crippen molar-refractivity contribution in [1.29, 1.82) is 0 Å². The number of likely N-dealkylation sites (tertiary alicyclic amines) is 1. The van der Waals surface area contributed by atoms with E-state index >= 15 is 0 Å². The number of nitrogens with zero attached hydrogens (tertiary/aromatic N) is 4. The van der Waals surface area contributed by atoms with Crippen molar-refractivity contribution in [1.82, 2.24) is 19.3 Å². The Bertz CT molecular complexity index is 528. The van der Waals surface area contributed by atoms with Crippen LogP contribution < -0.4 is 0 Å². The quantitative estimate of drug-likeness (QED) is 0.713. The van der Waals surface area contributed by atoms with Gasteiger partial charge in [-0.2, -0.15) is 0 Å². The molecule has 2 aromatic heterocycles. The molecule has 16 heavy (non-hydrogen) atoms. The second-order valence-electron chi connectivity index (χ2n) is 3.93. The minimum absolute atomic E-state index is 0.00528. The maximum Gasteiger partial charge on any atom is 0.276 e. The van der Waals surface area contributed by atoms with E-state index in [-0.39, 0.29) is 5.91 Å². The average Bonchev–Trinajstić information content (AvgIpc) is 2.98. The van der Waals surface area contributed by atoms with E-state index < -0.39 is 0 Å². The average molecular weight is 216 g/mol. The van der Waals surface area contributed by atoms with Gasteiger partial charge in [0.1, 0.15) is 0 Å². The number of hydrogen-bond acceptors (Lipinski definition) is 3. The molecule has 0 bridgehead atoms. The summed E-state index contributed by atoms with van der Waals surface area (Å²) in [6.45, 7) is 1.67. The summed E-state index contributed by atoms with van der Waals surface area (Å²) in [6.07, 6.45) is 9.10. The van der Waals surface area contributed by atoms with Gasteiger partial charge in [-0.25, -0.2) is 9.97 Å². The van der Waals surface area contributed by atoms with E-state index in [0.717, 1.165) is 25.9 Å². The smallest absolute Gasteiger partial charge is 0.276 e. The Morgan fingerprint density at radius 2 is 1.81 bits per heavy atom. The van der Waals surface area contributed by atoms with Crippen molar-refractivity contribution in [2.24, 2.45) is 0 Å². The number of carbonyl (C=O) groups is 1. The lowest BCUT2D eigenvalue weighted by molar-refractivity contribution is 0.0788. The molecule has 3 heterocycles. The zero-order valence-electron chi connectivity index (χ0n) is 8.83. The van der Waals surface area contributed by atoms with E-state index in [1.165, 1.54) is 0 Å². The molecule has 82 valence electrons. The topological polar surface area (TPSA) is 50.5 Å². The summed E-state index contributed by atoms with van der Waals surface area (Å²) >= 11 is 0. The first-order valence-electron chi connectivity index (χ1n) is 5.43. The fourth-order valence-electron chi connectivity index (χ4n) is 2.08. The highest BCUT2D eigenvalue weighted by Crippen LogP contribution is 2.14. The van der Waals surface area contributed by atoms with Gasteiger partial charge in [0.05, 0.1) is 0 Å². The third kappa shape index (κ3) is 1.36. The SMILES string of the molecule is O=C(c1nccn2ccnc12)N1CCCC1. The van der Waals surface area contributed by atoms with Gasteiger partial charge >= 0.3 is 0 Å². The number of rotatable bonds is 1. The first-order chi connectivity index (χ1) is 7.86. The first kappa shape index (κ1) is 9.33. The molecular formula is C11H12N4O. The van der Waals surface area contributed by atoms with Crippen LogP contribution in [0.1, 0.15) is 23.3 Å². The number of fused-ring (bicyclic) bond motifs is 1. The highest BCUT2D eigenvalue weighted by atomic mass is 16.2. The Morgan fingerprint density at radius 3 is 2.56 bits per heavy atom. The minimum atomic E-state index is -0.00528. The molecule has 0 N–H and O–H groups in total. The van der Waals surface area contributed by atoms with Crippen LogP contribution in [0.2, 0.25) is 0 Å². The number of imidazole rings is 1. The van der Waals surface area contributed by atoms with Crippen LogP contribution in [0.15, 0.2) is 24.8 Å². The molecule has 5 heteroatoms. The lowest BCUT2D eigenvalue weighted by Gasteiger charge is -2.14. The molecule has 2 aromatic rings. The molecule has 3 rings (SSSR count). The molecule has 1 saturated heterocycles. The number of aromatic nitrogens is 3. The summed E-state index contributed by atoms with van der Waals surface area (Å²) < 4.78 is 1.82. The molecule has 0 unspecified atom stereocenters. The minimum Gasteiger partial charge on any atom is -0.337 e. The van der Waals surface area contributed by atoms with Crippen molar-refractivity contribution < 1.29 is 4.79 Å². The summed E-state index contributed by atoms with van der Waals surface area (Å²) in [6, 6.07) is 0. The van der Waals surface area contributed by atoms with E-state index in [2.05, 4.69) is 9.97 Å². The summed E-state index contributed by atoms with van der Waals surface area (Å²) in [7, 11) is 0. The second-order valence-corrected chi connectivity index (χ2v) is 3.93. The molecular weight excluding hydrogens is 204 g/mol. The van der Waals surface area contributed by atoms with Crippen LogP contribution in [0.25, 0.3) is 5.65 Å². The van der Waals surface area contributed by atoms with Crippen molar-refractivity contribution in [3.05, 3.63) is 30.5 Å². The van der Waals surface area contributed by atoms with Gasteiger partial charge in [-0.15, -0.1) is 0 Å². The lowest BCUT2D eigenvalue weighted by Crippen LogP contribution is -2.28. The van der Waals surface area contributed by atoms with Crippen LogP contribution in [0.4, 0.5) is 0 Å². The number of carbonyl (C=O) groups excluding carboxylic acids is 1. The van der Waals surface area contributed by atoms with E-state index in [4.69, 9.17) is 0 Å². The Labute approximate surface area is 92.7 Å². The zero-order chi connectivity index (χ0) is 11.0. The maximum absolute atomic E-state index is 12.2. The van der Waals surface area contributed by atoms with Gasteiger partial charge in [-0.05, 0) is 12.8 Å². The van der Waals surface area contributed by atoms with Gasteiger partial charge in [0, 0.05) is 37.9 Å². The largest absolute Gasteiger partial charge is 0.337 e. The summed E-state index contributed by atoms with van der Waals surface area (Å²) in [5.41, 5.74) is 1.09. The van der Waals surface area contributed by atoms with Gasteiger partial charge in [0.15, 0.2) is 11.3 Å². The molecule has 0 aliphatic carbocycles. The predicted molar refractivity (Wildman–Crippen MR) is 58.1 cm³/mol. The van der Waals surface area contributed by atoms with Crippen LogP contribution in [0.3, 0.4) is 0 Å². The van der Waals surface area contributed by atoms with E-state index in [1.54, 1.807) is 18.6 Å². The molecule has 0 saturated carbocycles. The van der Waals surface area contributed by atoms with Gasteiger partial charge in [0.2, 0.25) is 0 Å². The van der Waals surface area contributed by atoms with Crippen LogP contribution in [-0.4, -0.2) is 38.3 Å². The van der Waals surface area contributed by atoms with E-state index in [1.807, 2.05) is 15.5 Å². The van der Waals surface area contributed by atoms with E-state index in [9.17, 15) is 4.79 Å². The lowest BCUT2D eigenvalue weighted by atomic mass is 10.3. The van der Waals surface area contributed by atoms with Crippen molar-refractivity contribution in [3.63, 3.8) is 0 Å². The summed E-state index contributed by atoms with van der Waals surface area (Å²) in [5.74, 6) is -0.00528. The van der Waals surface area contributed by atoms with Gasteiger partial charge in [-0.3, -0.25) is 4.79 Å². The van der Waals surface area contributed by atoms with Crippen molar-refractivity contribution >= 4 is 11.6 Å². The normalized spacial score (nSPS) is 15.9. The third-order valence-electron chi connectivity index (χ3n) is 2.91. The fraction of sp³-hybridized carbons (Fsp3) is 0.364. The molecule has 0 aromatic carbocycles. The third-order valence-corrected chi connectivity index (χ3v) is 2.91. The first-order valence-corrected chi connectivity index (χ1v) is 5.43. The maximum atomic E-state index is 12.2. The molecule has 1 amide bonds. The molecule has 1 aliphatic heterocycles. The summed E-state index contributed by atoms with van der Waals surface area (Å²) in [5, 5.41) is 0. The van der Waals surface area contributed by atoms with Crippen molar-refractivity contribution in [3.8, 4) is 0 Å². The highest BCUT2D eigenvalue weighted by Gasteiger charge is 2.22. The van der Waals surface area contributed by atoms with Crippen LogP contribution in [0.5, 0.6) is 0 Å². The molecule has 0 atom stereocenters. The fourth-order valence-corrected chi connectivity index (χ4v) is 2.08. The van der Waals surface area contributed by atoms with Crippen LogP contribution in [-0.2, 0) is 0 Å². The Morgan fingerprint density at radius 1 is 1.12 bits per heavy atom. The highest BCUT2D eigenvalue weighted by molar-refractivity contribution is 5.97. The standard InChI is InChI=1S/C11H12N4O/c16-11(15-5-1-2-6-15)9-10-13-4-8-14(10)7-3-12-9/h3-4,7-8H,1-2,5-6H2. The second kappa shape index (κ2) is 3.59. The number of amides is 1. The number of hydrogen-bond donors (Lipinski definition) is 0. The summed E-state index contributed by atoms with van der Waals surface area (Å²) in [4.78, 5) is 22.3. The Balaban J connectivity index is 2.04. The zero-order valence-corrected chi connectivity index (χ0v) is 8.83. The van der Waals surface area contributed by atoms with Crippen LogP contribution >= 0.6 is 0 Å². The monoisotopic (exact) mass is 216 g/mol. The Kier molecular flexibility index (Phi) is 2.09. The molecule has 1 fully saturated rings. The van der Waals surface area contributed by atoms with Gasteiger partial charge < -0.3 is 9.30 Å². The predicted octanol–water partition coefficient (Wildman–Crippen LogP) is 0.965. The van der Waals surface area contributed by atoms with Gasteiger partial charge in [0.25, 0.3) is 5.91 Å². The molecule has 0 spiro atoms. The van der Waals surface area contributed by atoms with Crippen molar-refractivity contribution in [2.45, 2.75) is 12.8 Å². The van der Waals surface area contributed by atoms with E-state index in [0.29, 0.717) is 11.3 Å². The van der Waals surface area contributed by atoms with Crippen molar-refractivity contribution in [2.75, 3.05) is 13.1 Å².